The average Bonchev–Trinajstić information content (AvgIpc) is 2.93. The minimum absolute atomic E-state index is 0.247. The van der Waals surface area contributed by atoms with Gasteiger partial charge in [-0.3, -0.25) is 0 Å². The van der Waals surface area contributed by atoms with Crippen molar-refractivity contribution >= 4 is 28.7 Å². The molecule has 1 saturated heterocycles. The van der Waals surface area contributed by atoms with Gasteiger partial charge in [-0.2, -0.15) is 0 Å². The normalized spacial score (nSPS) is 17.4. The summed E-state index contributed by atoms with van der Waals surface area (Å²) in [5.74, 6) is 3.80. The van der Waals surface area contributed by atoms with E-state index in [1.807, 2.05) is 11.9 Å². The summed E-state index contributed by atoms with van der Waals surface area (Å²) < 4.78 is 11.9. The molecule has 1 aromatic carbocycles. The van der Waals surface area contributed by atoms with Gasteiger partial charge in [0.15, 0.2) is 11.9 Å². The van der Waals surface area contributed by atoms with E-state index in [1.54, 1.807) is 28.8 Å². The third-order valence-corrected chi connectivity index (χ3v) is 4.13. The largest absolute Gasteiger partial charge is 0.453 e. The molecule has 2 heterocycles. The molecule has 1 aromatic heterocycles. The molecule has 1 aliphatic rings. The zero-order valence-corrected chi connectivity index (χ0v) is 13.2. The SMILES string of the molecule is COC(=O)N1CCO[C@@H](Cn2c(=C=O)c3ccccc3c2=C=O)C1. The first kappa shape index (κ1) is 16.0. The number of hydrogen-bond donors (Lipinski definition) is 0. The summed E-state index contributed by atoms with van der Waals surface area (Å²) in [4.78, 5) is 36.1. The fraction of sp³-hybridized carbons (Fsp3) is 0.353. The maximum Gasteiger partial charge on any atom is 0.409 e. The Labute approximate surface area is 137 Å². The van der Waals surface area contributed by atoms with Crippen LogP contribution in [0.15, 0.2) is 24.3 Å². The molecule has 7 heteroatoms. The van der Waals surface area contributed by atoms with Gasteiger partial charge < -0.3 is 18.9 Å². The first-order valence-electron chi connectivity index (χ1n) is 7.51. The van der Waals surface area contributed by atoms with Crippen LogP contribution in [0.25, 0.3) is 10.8 Å². The van der Waals surface area contributed by atoms with Gasteiger partial charge in [-0.1, -0.05) is 24.3 Å². The Balaban J connectivity index is 2.00. The Morgan fingerprint density at radius 2 is 1.88 bits per heavy atom. The highest BCUT2D eigenvalue weighted by Gasteiger charge is 2.26. The summed E-state index contributed by atoms with van der Waals surface area (Å²) in [5, 5.41) is 1.85. The Hall–Kier alpha value is -2.85. The number of morpholine rings is 1. The van der Waals surface area contributed by atoms with Crippen LogP contribution in [0, 0.1) is 0 Å². The number of hydrogen-bond acceptors (Lipinski definition) is 5. The van der Waals surface area contributed by atoms with E-state index in [4.69, 9.17) is 9.47 Å². The Bertz CT molecular complexity index is 881. The molecule has 1 aliphatic heterocycles. The molecule has 1 fully saturated rings. The molecule has 124 valence electrons. The molecule has 0 unspecified atom stereocenters. The predicted octanol–water partition coefficient (Wildman–Crippen LogP) is -0.885. The van der Waals surface area contributed by atoms with Gasteiger partial charge in [0.2, 0.25) is 0 Å². The molecule has 3 rings (SSSR count). The molecule has 0 bridgehead atoms. The van der Waals surface area contributed by atoms with Crippen LogP contribution in [0.4, 0.5) is 4.79 Å². The van der Waals surface area contributed by atoms with Crippen LogP contribution in [-0.4, -0.2) is 60.4 Å². The monoisotopic (exact) mass is 328 g/mol. The van der Waals surface area contributed by atoms with Crippen molar-refractivity contribution in [3.8, 4) is 0 Å². The number of ether oxygens (including phenoxy) is 2. The van der Waals surface area contributed by atoms with Crippen molar-refractivity contribution in [1.29, 1.82) is 0 Å². The summed E-state index contributed by atoms with van der Waals surface area (Å²) in [5.41, 5.74) is 0. The predicted molar refractivity (Wildman–Crippen MR) is 84.5 cm³/mol. The highest BCUT2D eigenvalue weighted by Crippen LogP contribution is 2.09. The fourth-order valence-electron chi connectivity index (χ4n) is 3.03. The second-order valence-electron chi connectivity index (χ2n) is 5.47. The van der Waals surface area contributed by atoms with Gasteiger partial charge in [0.25, 0.3) is 0 Å². The molecule has 24 heavy (non-hydrogen) atoms. The fourth-order valence-corrected chi connectivity index (χ4v) is 3.03. The average molecular weight is 328 g/mol. The zero-order valence-electron chi connectivity index (χ0n) is 13.2. The van der Waals surface area contributed by atoms with Crippen LogP contribution >= 0.6 is 0 Å². The molecule has 0 N–H and O–H groups in total. The smallest absolute Gasteiger partial charge is 0.409 e. The van der Waals surface area contributed by atoms with Crippen molar-refractivity contribution in [3.63, 3.8) is 0 Å². The van der Waals surface area contributed by atoms with Crippen LogP contribution in [0.2, 0.25) is 0 Å². The molecule has 1 atom stereocenters. The van der Waals surface area contributed by atoms with Crippen molar-refractivity contribution in [2.45, 2.75) is 12.6 Å². The van der Waals surface area contributed by atoms with Crippen LogP contribution in [-0.2, 0) is 25.6 Å². The molecule has 7 nitrogen and oxygen atoms in total. The lowest BCUT2D eigenvalue weighted by Gasteiger charge is -2.32. The Morgan fingerprint density at radius 1 is 1.25 bits per heavy atom. The number of carbonyl (C=O) groups excluding carboxylic acids is 3. The van der Waals surface area contributed by atoms with Crippen molar-refractivity contribution in [2.24, 2.45) is 0 Å². The van der Waals surface area contributed by atoms with Gasteiger partial charge in [-0.25, -0.2) is 14.4 Å². The summed E-state index contributed by atoms with van der Waals surface area (Å²) in [7, 11) is 1.32. The number of methoxy groups -OCH3 is 1. The van der Waals surface area contributed by atoms with Crippen LogP contribution in [0.5, 0.6) is 0 Å². The minimum atomic E-state index is -0.426. The van der Waals surface area contributed by atoms with Crippen molar-refractivity contribution < 1.29 is 23.9 Å². The Kier molecular flexibility index (Phi) is 4.49. The molecule has 2 aromatic rings. The zero-order chi connectivity index (χ0) is 17.1. The second-order valence-corrected chi connectivity index (χ2v) is 5.47. The summed E-state index contributed by atoms with van der Waals surface area (Å²) in [6.45, 7) is 1.37. The second kappa shape index (κ2) is 6.72. The van der Waals surface area contributed by atoms with Crippen LogP contribution < -0.4 is 10.7 Å². The Morgan fingerprint density at radius 3 is 2.42 bits per heavy atom. The van der Waals surface area contributed by atoms with Crippen molar-refractivity contribution in [2.75, 3.05) is 26.8 Å². The lowest BCUT2D eigenvalue weighted by Crippen LogP contribution is -2.48. The van der Waals surface area contributed by atoms with Gasteiger partial charge in [-0.05, 0) is 0 Å². The lowest BCUT2D eigenvalue weighted by molar-refractivity contribution is -0.0321. The number of benzene rings is 1. The molecule has 0 aliphatic carbocycles. The minimum Gasteiger partial charge on any atom is -0.453 e. The highest BCUT2D eigenvalue weighted by molar-refractivity contribution is 5.88. The van der Waals surface area contributed by atoms with E-state index in [2.05, 4.69) is 0 Å². The van der Waals surface area contributed by atoms with E-state index in [0.29, 0.717) is 30.5 Å². The van der Waals surface area contributed by atoms with Crippen LogP contribution in [0.3, 0.4) is 0 Å². The quantitative estimate of drug-likeness (QED) is 0.715. The first-order chi connectivity index (χ1) is 11.7. The summed E-state index contributed by atoms with van der Waals surface area (Å²) in [6, 6.07) is 7.10. The first-order valence-corrected chi connectivity index (χ1v) is 7.51. The summed E-state index contributed by atoms with van der Waals surface area (Å²) >= 11 is 0. The number of nitrogens with zero attached hydrogens (tertiary/aromatic N) is 2. The lowest BCUT2D eigenvalue weighted by atomic mass is 10.2. The molecule has 0 saturated carbocycles. The van der Waals surface area contributed by atoms with E-state index in [-0.39, 0.29) is 23.3 Å². The molecule has 0 radical (unpaired) electrons. The van der Waals surface area contributed by atoms with E-state index >= 15 is 0 Å². The number of aromatic nitrogens is 1. The number of fused-ring (bicyclic) bond motifs is 1. The molecule has 0 spiro atoms. The van der Waals surface area contributed by atoms with Gasteiger partial charge in [-0.15, -0.1) is 0 Å². The van der Waals surface area contributed by atoms with Crippen LogP contribution in [0.1, 0.15) is 0 Å². The third-order valence-electron chi connectivity index (χ3n) is 4.13. The maximum absolute atomic E-state index is 11.7. The molecular weight excluding hydrogens is 312 g/mol. The van der Waals surface area contributed by atoms with E-state index in [0.717, 1.165) is 0 Å². The van der Waals surface area contributed by atoms with E-state index in [9.17, 15) is 14.4 Å². The maximum atomic E-state index is 11.7. The van der Waals surface area contributed by atoms with Crippen molar-refractivity contribution in [3.05, 3.63) is 35.0 Å². The third kappa shape index (κ3) is 2.72. The standard InChI is InChI=1S/C17H16N2O5/c1-23-17(22)18-6-7-24-12(8-18)9-19-15(10-20)13-4-2-3-5-14(13)16(19)11-21/h2-5,12H,6-9H2,1H3/t12-/m1/s1. The summed E-state index contributed by atoms with van der Waals surface area (Å²) in [6.07, 6.45) is -0.788. The van der Waals surface area contributed by atoms with Gasteiger partial charge in [0.05, 0.1) is 32.9 Å². The van der Waals surface area contributed by atoms with E-state index in [1.165, 1.54) is 12.0 Å². The highest BCUT2D eigenvalue weighted by atomic mass is 16.5. The molecular formula is C17H16N2O5. The van der Waals surface area contributed by atoms with E-state index < -0.39 is 6.09 Å². The number of carbonyl (C=O) groups is 1. The number of rotatable bonds is 2. The molecule has 1 amide bonds. The van der Waals surface area contributed by atoms with Gasteiger partial charge in [0.1, 0.15) is 10.7 Å². The van der Waals surface area contributed by atoms with Crippen molar-refractivity contribution in [1.82, 2.24) is 9.47 Å². The topological polar surface area (TPSA) is 77.8 Å². The van der Waals surface area contributed by atoms with Gasteiger partial charge >= 0.3 is 6.09 Å². The number of amides is 1. The van der Waals surface area contributed by atoms with Gasteiger partial charge in [0, 0.05) is 17.3 Å².